The Hall–Kier alpha value is -3.11. The average Bonchev–Trinajstić information content (AvgIpc) is 2.91. The molecule has 1 saturated heterocycles. The first kappa shape index (κ1) is 26.5. The number of hydrazine groups is 1. The van der Waals surface area contributed by atoms with Crippen LogP contribution in [0.25, 0.3) is 11.1 Å². The van der Waals surface area contributed by atoms with E-state index in [4.69, 9.17) is 32.7 Å². The summed E-state index contributed by atoms with van der Waals surface area (Å²) in [6.45, 7) is 2.46. The molecule has 8 nitrogen and oxygen atoms in total. The number of ether oxygens (including phenoxy) is 2. The van der Waals surface area contributed by atoms with Crippen molar-refractivity contribution in [1.82, 2.24) is 10.4 Å². The highest BCUT2D eigenvalue weighted by atomic mass is 79.9. The number of carbonyl (C=O) groups is 3. The van der Waals surface area contributed by atoms with Crippen molar-refractivity contribution in [2.24, 2.45) is 0 Å². The second kappa shape index (κ2) is 10.9. The van der Waals surface area contributed by atoms with Gasteiger partial charge in [0.15, 0.2) is 0 Å². The molecule has 0 bridgehead atoms. The molecular weight excluding hydrogens is 597 g/mol. The Morgan fingerprint density at radius 3 is 2.45 bits per heavy atom. The molecule has 38 heavy (non-hydrogen) atoms. The van der Waals surface area contributed by atoms with Crippen LogP contribution in [-0.4, -0.2) is 56.2 Å². The first-order valence-electron chi connectivity index (χ1n) is 11.7. The third-order valence-corrected chi connectivity index (χ3v) is 7.53. The Morgan fingerprint density at radius 2 is 1.76 bits per heavy atom. The first-order chi connectivity index (χ1) is 18.3. The lowest BCUT2D eigenvalue weighted by atomic mass is 9.92. The maximum absolute atomic E-state index is 13.4. The van der Waals surface area contributed by atoms with Gasteiger partial charge in [0.25, 0.3) is 11.8 Å². The van der Waals surface area contributed by atoms with Crippen LogP contribution >= 0.6 is 39.1 Å². The number of nitrogens with zero attached hydrogens (tertiary/aromatic N) is 2. The number of halogens is 3. The minimum Gasteiger partial charge on any atom is -0.465 e. The van der Waals surface area contributed by atoms with Crippen LogP contribution in [0.5, 0.6) is 0 Å². The summed E-state index contributed by atoms with van der Waals surface area (Å²) in [6.07, 6.45) is 0. The van der Waals surface area contributed by atoms with E-state index < -0.39 is 17.8 Å². The molecule has 0 aromatic heterocycles. The monoisotopic (exact) mass is 617 g/mol. The van der Waals surface area contributed by atoms with Crippen molar-refractivity contribution in [3.63, 3.8) is 0 Å². The first-order valence-corrected chi connectivity index (χ1v) is 13.3. The van der Waals surface area contributed by atoms with E-state index in [-0.39, 0.29) is 22.2 Å². The van der Waals surface area contributed by atoms with Crippen molar-refractivity contribution in [1.29, 1.82) is 0 Å². The second-order valence-electron chi connectivity index (χ2n) is 8.74. The van der Waals surface area contributed by atoms with E-state index in [9.17, 15) is 14.4 Å². The number of rotatable bonds is 4. The number of carbonyl (C=O) groups excluding carboxylic acids is 3. The van der Waals surface area contributed by atoms with Crippen molar-refractivity contribution in [3.05, 3.63) is 85.3 Å². The number of hydrogen-bond donors (Lipinski definition) is 1. The maximum Gasteiger partial charge on any atom is 0.339 e. The van der Waals surface area contributed by atoms with E-state index in [1.54, 1.807) is 30.3 Å². The molecule has 1 N–H and O–H groups in total. The normalized spacial score (nSPS) is 15.1. The summed E-state index contributed by atoms with van der Waals surface area (Å²) in [7, 11) is 1.35. The molecule has 5 rings (SSSR count). The molecule has 11 heteroatoms. The minimum absolute atomic E-state index is 0.102. The molecule has 2 heterocycles. The average molecular weight is 619 g/mol. The van der Waals surface area contributed by atoms with Crippen LogP contribution in [0.3, 0.4) is 0 Å². The van der Waals surface area contributed by atoms with Gasteiger partial charge < -0.3 is 14.4 Å². The van der Waals surface area contributed by atoms with Gasteiger partial charge in [-0.1, -0.05) is 63.4 Å². The van der Waals surface area contributed by atoms with Crippen LogP contribution in [-0.2, 0) is 16.0 Å². The lowest BCUT2D eigenvalue weighted by molar-refractivity contribution is 0.0540. The lowest BCUT2D eigenvalue weighted by Gasteiger charge is -2.32. The van der Waals surface area contributed by atoms with Crippen LogP contribution in [0.15, 0.2) is 53.0 Å². The lowest BCUT2D eigenvalue weighted by Crippen LogP contribution is -2.49. The zero-order chi connectivity index (χ0) is 27.0. The van der Waals surface area contributed by atoms with E-state index in [1.165, 1.54) is 12.1 Å². The fraction of sp³-hybridized carbons (Fsp3) is 0.222. The number of methoxy groups -OCH3 is 1. The van der Waals surface area contributed by atoms with E-state index >= 15 is 0 Å². The van der Waals surface area contributed by atoms with Gasteiger partial charge in [-0.15, -0.1) is 0 Å². The maximum atomic E-state index is 13.4. The van der Waals surface area contributed by atoms with E-state index in [2.05, 4.69) is 26.3 Å². The molecule has 2 aliphatic rings. The Balaban J connectivity index is 1.52. The molecule has 0 saturated carbocycles. The predicted octanol–water partition coefficient (Wildman–Crippen LogP) is 5.35. The van der Waals surface area contributed by atoms with Crippen molar-refractivity contribution in [3.8, 4) is 11.1 Å². The van der Waals surface area contributed by atoms with E-state index in [1.807, 2.05) is 18.2 Å². The number of hydrogen-bond acceptors (Lipinski definition) is 6. The molecule has 0 spiro atoms. The molecule has 3 aromatic rings. The fourth-order valence-corrected chi connectivity index (χ4v) is 6.05. The van der Waals surface area contributed by atoms with Crippen LogP contribution in [0.4, 0.5) is 5.69 Å². The van der Waals surface area contributed by atoms with Crippen LogP contribution in [0.2, 0.25) is 10.0 Å². The summed E-state index contributed by atoms with van der Waals surface area (Å²) in [5, 5.41) is 1.55. The fourth-order valence-electron chi connectivity index (χ4n) is 4.68. The van der Waals surface area contributed by atoms with Gasteiger partial charge in [-0.3, -0.25) is 15.0 Å². The number of nitrogens with one attached hydrogen (secondary N) is 1. The SMILES string of the molecule is COC(=O)c1ccc(-c2cccc3c2C(=O)NN(C(=O)c2c(Cl)cc(Br)cc2Cl)C3)cc1N1CCOCC1. The predicted molar refractivity (Wildman–Crippen MR) is 148 cm³/mol. The zero-order valence-corrected chi connectivity index (χ0v) is 23.3. The smallest absolute Gasteiger partial charge is 0.339 e. The molecule has 2 aliphatic heterocycles. The van der Waals surface area contributed by atoms with Crippen molar-refractivity contribution in [2.75, 3.05) is 38.3 Å². The van der Waals surface area contributed by atoms with Crippen molar-refractivity contribution >= 4 is 62.6 Å². The number of amides is 2. The third-order valence-electron chi connectivity index (χ3n) is 6.47. The molecule has 196 valence electrons. The molecular formula is C27H22BrCl2N3O5. The highest BCUT2D eigenvalue weighted by Gasteiger charge is 2.31. The molecule has 0 unspecified atom stereocenters. The topological polar surface area (TPSA) is 88.2 Å². The number of esters is 1. The number of morpholine rings is 1. The van der Waals surface area contributed by atoms with Crippen LogP contribution < -0.4 is 10.3 Å². The molecule has 2 amide bonds. The highest BCUT2D eigenvalue weighted by molar-refractivity contribution is 9.10. The number of anilines is 1. The summed E-state index contributed by atoms with van der Waals surface area (Å²) in [4.78, 5) is 41.2. The molecule has 0 radical (unpaired) electrons. The molecule has 0 atom stereocenters. The van der Waals surface area contributed by atoms with Gasteiger partial charge in [0.05, 0.1) is 59.3 Å². The summed E-state index contributed by atoms with van der Waals surface area (Å²) in [5.41, 5.74) is 6.47. The third kappa shape index (κ3) is 4.99. The summed E-state index contributed by atoms with van der Waals surface area (Å²) in [5.74, 6) is -1.40. The molecule has 0 aliphatic carbocycles. The van der Waals surface area contributed by atoms with E-state index in [0.29, 0.717) is 58.7 Å². The van der Waals surface area contributed by atoms with Gasteiger partial charge in [0, 0.05) is 17.6 Å². The quantitative estimate of drug-likeness (QED) is 0.397. The van der Waals surface area contributed by atoms with Gasteiger partial charge in [-0.2, -0.15) is 0 Å². The van der Waals surface area contributed by atoms with Crippen molar-refractivity contribution < 1.29 is 23.9 Å². The van der Waals surface area contributed by atoms with Crippen LogP contribution in [0, 0.1) is 0 Å². The van der Waals surface area contributed by atoms with Gasteiger partial charge >= 0.3 is 5.97 Å². The number of benzene rings is 3. The molecule has 3 aromatic carbocycles. The zero-order valence-electron chi connectivity index (χ0n) is 20.2. The van der Waals surface area contributed by atoms with Gasteiger partial charge in [0.1, 0.15) is 0 Å². The van der Waals surface area contributed by atoms with E-state index in [0.717, 1.165) is 5.56 Å². The standard InChI is InChI=1S/C27H22BrCl2N3O5/c1-37-27(36)19-6-5-15(11-22(19)32-7-9-38-10-8-32)18-4-2-3-16-14-33(31-25(34)23(16)18)26(35)24-20(29)12-17(28)13-21(24)30/h2-6,11-13H,7-10,14H2,1H3,(H,31,34). The Labute approximate surface area is 237 Å². The summed E-state index contributed by atoms with van der Waals surface area (Å²) < 4.78 is 11.1. The summed E-state index contributed by atoms with van der Waals surface area (Å²) >= 11 is 15.9. The second-order valence-corrected chi connectivity index (χ2v) is 10.5. The van der Waals surface area contributed by atoms with Crippen LogP contribution in [0.1, 0.15) is 36.6 Å². The minimum atomic E-state index is -0.520. The van der Waals surface area contributed by atoms with Gasteiger partial charge in [-0.25, -0.2) is 9.80 Å². The Kier molecular flexibility index (Phi) is 7.63. The van der Waals surface area contributed by atoms with Crippen molar-refractivity contribution in [2.45, 2.75) is 6.54 Å². The van der Waals surface area contributed by atoms with Gasteiger partial charge in [-0.05, 0) is 41.0 Å². The number of fused-ring (bicyclic) bond motifs is 1. The largest absolute Gasteiger partial charge is 0.465 e. The van der Waals surface area contributed by atoms with Gasteiger partial charge in [0.2, 0.25) is 0 Å². The Morgan fingerprint density at radius 1 is 1.05 bits per heavy atom. The Bertz CT molecular complexity index is 1440. The molecule has 1 fully saturated rings. The highest BCUT2D eigenvalue weighted by Crippen LogP contribution is 2.35. The summed E-state index contributed by atoms with van der Waals surface area (Å²) in [6, 6.07) is 14.0.